The Kier molecular flexibility index (Phi) is 7.71. The fourth-order valence-electron chi connectivity index (χ4n) is 4.49. The standard InChI is InChI=1S/C27H26ClN7O4S/c1-19-24(27(33-15-5-6-16-33)34(31-19)22-7-3-2-4-8-22)18-29-30-25-14-13-23(35(36)37)17-26(25)40(38,39)32-21-11-9-20(28)10-12-21/h2-4,7-14,17-18,30,32H,5-6,15-16H2,1H3/b29-18-. The molecule has 0 aliphatic carbocycles. The van der Waals surface area contributed by atoms with Crippen molar-refractivity contribution in [2.75, 3.05) is 28.1 Å². The zero-order chi connectivity index (χ0) is 28.3. The van der Waals surface area contributed by atoms with Crippen molar-refractivity contribution in [1.29, 1.82) is 0 Å². The van der Waals surface area contributed by atoms with Crippen LogP contribution in [0.1, 0.15) is 24.1 Å². The Bertz CT molecular complexity index is 1670. The van der Waals surface area contributed by atoms with E-state index in [1.54, 1.807) is 6.21 Å². The fourth-order valence-corrected chi connectivity index (χ4v) is 5.86. The van der Waals surface area contributed by atoms with Crippen molar-refractivity contribution in [3.8, 4) is 5.69 Å². The second-order valence-electron chi connectivity index (χ2n) is 9.18. The van der Waals surface area contributed by atoms with Crippen LogP contribution in [0.25, 0.3) is 5.69 Å². The highest BCUT2D eigenvalue weighted by atomic mass is 35.5. The molecule has 40 heavy (non-hydrogen) atoms. The van der Waals surface area contributed by atoms with Gasteiger partial charge < -0.3 is 4.90 Å². The number of hydrogen-bond acceptors (Lipinski definition) is 8. The maximum atomic E-state index is 13.3. The Morgan fingerprint density at radius 1 is 1.05 bits per heavy atom. The molecule has 11 nitrogen and oxygen atoms in total. The van der Waals surface area contributed by atoms with Crippen LogP contribution in [0.2, 0.25) is 5.02 Å². The molecule has 0 spiro atoms. The Labute approximate surface area is 236 Å². The molecule has 0 bridgehead atoms. The van der Waals surface area contributed by atoms with Gasteiger partial charge in [-0.05, 0) is 62.2 Å². The minimum Gasteiger partial charge on any atom is -0.356 e. The third-order valence-electron chi connectivity index (χ3n) is 6.43. The predicted molar refractivity (Wildman–Crippen MR) is 156 cm³/mol. The molecule has 1 aromatic heterocycles. The average molecular weight is 580 g/mol. The molecule has 1 fully saturated rings. The number of hydrazone groups is 1. The van der Waals surface area contributed by atoms with Gasteiger partial charge in [0.15, 0.2) is 0 Å². The van der Waals surface area contributed by atoms with Crippen molar-refractivity contribution in [1.82, 2.24) is 9.78 Å². The highest BCUT2D eigenvalue weighted by molar-refractivity contribution is 7.92. The first-order valence-corrected chi connectivity index (χ1v) is 14.3. The van der Waals surface area contributed by atoms with Crippen molar-refractivity contribution in [3.63, 3.8) is 0 Å². The van der Waals surface area contributed by atoms with E-state index in [-0.39, 0.29) is 22.0 Å². The molecule has 0 atom stereocenters. The summed E-state index contributed by atoms with van der Waals surface area (Å²) in [6, 6.07) is 19.4. The molecule has 0 radical (unpaired) electrons. The number of nitro groups is 1. The topological polar surface area (TPSA) is 135 Å². The van der Waals surface area contributed by atoms with Crippen LogP contribution in [0.3, 0.4) is 0 Å². The van der Waals surface area contributed by atoms with E-state index in [4.69, 9.17) is 16.7 Å². The van der Waals surface area contributed by atoms with Gasteiger partial charge in [0, 0.05) is 35.9 Å². The van der Waals surface area contributed by atoms with Crippen LogP contribution in [0.4, 0.5) is 22.9 Å². The van der Waals surface area contributed by atoms with E-state index in [1.807, 2.05) is 41.9 Å². The summed E-state index contributed by atoms with van der Waals surface area (Å²) in [5.74, 6) is 0.896. The van der Waals surface area contributed by atoms with E-state index in [9.17, 15) is 18.5 Å². The van der Waals surface area contributed by atoms with Crippen LogP contribution >= 0.6 is 11.6 Å². The van der Waals surface area contributed by atoms with Gasteiger partial charge in [0.05, 0.1) is 33.8 Å². The molecule has 0 saturated carbocycles. The zero-order valence-electron chi connectivity index (χ0n) is 21.5. The van der Waals surface area contributed by atoms with E-state index in [0.29, 0.717) is 5.02 Å². The van der Waals surface area contributed by atoms with Crippen molar-refractivity contribution in [3.05, 3.63) is 99.2 Å². The smallest absolute Gasteiger partial charge is 0.270 e. The van der Waals surface area contributed by atoms with Gasteiger partial charge in [-0.1, -0.05) is 29.8 Å². The maximum Gasteiger partial charge on any atom is 0.270 e. The summed E-state index contributed by atoms with van der Waals surface area (Å²) in [6.45, 7) is 3.65. The van der Waals surface area contributed by atoms with Crippen LogP contribution in [0.5, 0.6) is 0 Å². The number of sulfonamides is 1. The number of aromatic nitrogens is 2. The van der Waals surface area contributed by atoms with Gasteiger partial charge in [0.1, 0.15) is 10.7 Å². The van der Waals surface area contributed by atoms with Gasteiger partial charge in [0.2, 0.25) is 0 Å². The van der Waals surface area contributed by atoms with Gasteiger partial charge in [-0.3, -0.25) is 20.3 Å². The quantitative estimate of drug-likeness (QED) is 0.150. The highest BCUT2D eigenvalue weighted by Crippen LogP contribution is 2.31. The van der Waals surface area contributed by atoms with Gasteiger partial charge in [-0.25, -0.2) is 13.1 Å². The van der Waals surface area contributed by atoms with Gasteiger partial charge in [0.25, 0.3) is 15.7 Å². The number of nitrogens with one attached hydrogen (secondary N) is 2. The Hall–Kier alpha value is -4.42. The first-order chi connectivity index (χ1) is 19.2. The molecule has 2 heterocycles. The molecule has 1 aliphatic heterocycles. The highest BCUT2D eigenvalue weighted by Gasteiger charge is 2.25. The van der Waals surface area contributed by atoms with Crippen LogP contribution in [-0.4, -0.2) is 42.4 Å². The number of para-hydroxylation sites is 1. The van der Waals surface area contributed by atoms with E-state index in [2.05, 4.69) is 20.1 Å². The molecule has 3 aromatic carbocycles. The summed E-state index contributed by atoms with van der Waals surface area (Å²) in [4.78, 5) is 12.7. The van der Waals surface area contributed by atoms with Crippen LogP contribution in [0.15, 0.2) is 82.8 Å². The molecule has 0 amide bonds. The summed E-state index contributed by atoms with van der Waals surface area (Å²) in [7, 11) is -4.23. The van der Waals surface area contributed by atoms with Gasteiger partial charge in [-0.2, -0.15) is 10.2 Å². The molecule has 1 saturated heterocycles. The van der Waals surface area contributed by atoms with E-state index >= 15 is 0 Å². The number of nitro benzene ring substituents is 1. The summed E-state index contributed by atoms with van der Waals surface area (Å²) in [5.41, 5.74) is 5.17. The number of anilines is 3. The van der Waals surface area contributed by atoms with Gasteiger partial charge >= 0.3 is 0 Å². The third kappa shape index (κ3) is 5.77. The normalized spacial score (nSPS) is 13.6. The molecule has 0 unspecified atom stereocenters. The minimum absolute atomic E-state index is 0.0686. The monoisotopic (exact) mass is 579 g/mol. The van der Waals surface area contributed by atoms with Crippen LogP contribution < -0.4 is 15.0 Å². The van der Waals surface area contributed by atoms with Crippen LogP contribution in [0, 0.1) is 17.0 Å². The average Bonchev–Trinajstić information content (AvgIpc) is 3.58. The number of aryl methyl sites for hydroxylation is 1. The second kappa shape index (κ2) is 11.4. The largest absolute Gasteiger partial charge is 0.356 e. The summed E-state index contributed by atoms with van der Waals surface area (Å²) in [6.07, 6.45) is 3.73. The Morgan fingerprint density at radius 2 is 1.75 bits per heavy atom. The molecule has 2 N–H and O–H groups in total. The molecule has 13 heteroatoms. The first-order valence-electron chi connectivity index (χ1n) is 12.5. The summed E-state index contributed by atoms with van der Waals surface area (Å²) < 4.78 is 30.9. The number of nitrogens with zero attached hydrogens (tertiary/aromatic N) is 5. The molecular formula is C27H26ClN7O4S. The predicted octanol–water partition coefficient (Wildman–Crippen LogP) is 5.59. The number of non-ortho nitro benzene ring substituents is 1. The van der Waals surface area contributed by atoms with Crippen molar-refractivity contribution >= 4 is 50.7 Å². The number of hydrogen-bond donors (Lipinski definition) is 2. The second-order valence-corrected chi connectivity index (χ2v) is 11.3. The molecular weight excluding hydrogens is 554 g/mol. The zero-order valence-corrected chi connectivity index (χ0v) is 23.1. The number of benzene rings is 3. The first kappa shape index (κ1) is 27.2. The van der Waals surface area contributed by atoms with E-state index in [0.717, 1.165) is 54.8 Å². The molecule has 4 aromatic rings. The number of halogens is 1. The lowest BCUT2D eigenvalue weighted by Gasteiger charge is -2.20. The third-order valence-corrected chi connectivity index (χ3v) is 8.10. The Morgan fingerprint density at radius 3 is 2.42 bits per heavy atom. The molecule has 206 valence electrons. The van der Waals surface area contributed by atoms with E-state index < -0.39 is 14.9 Å². The number of rotatable bonds is 9. The van der Waals surface area contributed by atoms with Crippen molar-refractivity contribution < 1.29 is 13.3 Å². The lowest BCUT2D eigenvalue weighted by atomic mass is 10.2. The molecule has 1 aliphatic rings. The summed E-state index contributed by atoms with van der Waals surface area (Å²) >= 11 is 5.90. The van der Waals surface area contributed by atoms with Crippen molar-refractivity contribution in [2.45, 2.75) is 24.7 Å². The minimum atomic E-state index is -4.23. The van der Waals surface area contributed by atoms with Crippen molar-refractivity contribution in [2.24, 2.45) is 5.10 Å². The van der Waals surface area contributed by atoms with Gasteiger partial charge in [-0.15, -0.1) is 0 Å². The maximum absolute atomic E-state index is 13.3. The molecule has 5 rings (SSSR count). The summed E-state index contributed by atoms with van der Waals surface area (Å²) in [5, 5.41) is 21.0. The van der Waals surface area contributed by atoms with E-state index in [1.165, 1.54) is 36.4 Å². The SMILES string of the molecule is Cc1nn(-c2ccccc2)c(N2CCCC2)c1/C=N\Nc1ccc([N+](=O)[O-])cc1S(=O)(=O)Nc1ccc(Cl)cc1. The lowest BCUT2D eigenvalue weighted by Crippen LogP contribution is -2.22. The lowest BCUT2D eigenvalue weighted by molar-refractivity contribution is -0.385. The van der Waals surface area contributed by atoms with Crippen LogP contribution in [-0.2, 0) is 10.0 Å². The Balaban J connectivity index is 1.49. The fraction of sp³-hybridized carbons (Fsp3) is 0.185.